The van der Waals surface area contributed by atoms with E-state index in [2.05, 4.69) is 39.8 Å². The van der Waals surface area contributed by atoms with Gasteiger partial charge in [0.1, 0.15) is 17.4 Å². The number of hydrogen-bond acceptors (Lipinski definition) is 4. The highest BCUT2D eigenvalue weighted by molar-refractivity contribution is 7.09. The van der Waals surface area contributed by atoms with Gasteiger partial charge in [0.15, 0.2) is 17.5 Å². The Labute approximate surface area is 156 Å². The van der Waals surface area contributed by atoms with Crippen LogP contribution in [0.5, 0.6) is 5.75 Å². The second-order valence-corrected chi connectivity index (χ2v) is 6.81. The highest BCUT2D eigenvalue weighted by Crippen LogP contribution is 2.18. The summed E-state index contributed by atoms with van der Waals surface area (Å²) >= 11 is 1.60. The van der Waals surface area contributed by atoms with E-state index in [0.29, 0.717) is 31.5 Å². The average molecular weight is 382 g/mol. The summed E-state index contributed by atoms with van der Waals surface area (Å²) in [6, 6.07) is 3.24. The van der Waals surface area contributed by atoms with E-state index < -0.39 is 11.6 Å². The summed E-state index contributed by atoms with van der Waals surface area (Å²) in [5, 5.41) is 9.26. The van der Waals surface area contributed by atoms with E-state index >= 15 is 0 Å². The minimum absolute atomic E-state index is 0.0270. The van der Waals surface area contributed by atoms with Gasteiger partial charge in [0.25, 0.3) is 0 Å². The molecule has 0 spiro atoms. The quantitative estimate of drug-likeness (QED) is 0.415. The van der Waals surface area contributed by atoms with Crippen molar-refractivity contribution in [1.29, 1.82) is 0 Å². The Kier molecular flexibility index (Phi) is 7.77. The van der Waals surface area contributed by atoms with Gasteiger partial charge in [-0.25, -0.2) is 18.8 Å². The highest BCUT2D eigenvalue weighted by Gasteiger charge is 2.07. The summed E-state index contributed by atoms with van der Waals surface area (Å²) in [5.74, 6) is -0.275. The SMILES string of the molecule is CCNC(=NCc1nc(C(C)C)cs1)NCCOc1ccc(F)cc1F. The van der Waals surface area contributed by atoms with E-state index in [4.69, 9.17) is 4.74 Å². The molecule has 2 aromatic rings. The zero-order valence-electron chi connectivity index (χ0n) is 15.2. The molecule has 2 rings (SSSR count). The van der Waals surface area contributed by atoms with Crippen molar-refractivity contribution in [3.63, 3.8) is 0 Å². The summed E-state index contributed by atoms with van der Waals surface area (Å²) in [4.78, 5) is 9.05. The van der Waals surface area contributed by atoms with Crippen molar-refractivity contribution >= 4 is 17.3 Å². The van der Waals surface area contributed by atoms with Crippen LogP contribution in [0.15, 0.2) is 28.6 Å². The van der Waals surface area contributed by atoms with Gasteiger partial charge >= 0.3 is 0 Å². The fraction of sp³-hybridized carbons (Fsp3) is 0.444. The van der Waals surface area contributed by atoms with Crippen LogP contribution in [0.4, 0.5) is 8.78 Å². The number of thiazole rings is 1. The van der Waals surface area contributed by atoms with Gasteiger partial charge in [-0.05, 0) is 25.0 Å². The first-order valence-electron chi connectivity index (χ1n) is 8.54. The van der Waals surface area contributed by atoms with E-state index in [0.717, 1.165) is 22.8 Å². The minimum Gasteiger partial charge on any atom is -0.489 e. The molecule has 0 unspecified atom stereocenters. The summed E-state index contributed by atoms with van der Waals surface area (Å²) in [6.07, 6.45) is 0. The predicted octanol–water partition coefficient (Wildman–Crippen LogP) is 3.68. The molecule has 0 aliphatic heterocycles. The molecule has 1 heterocycles. The van der Waals surface area contributed by atoms with Gasteiger partial charge in [0, 0.05) is 18.0 Å². The van der Waals surface area contributed by atoms with Crippen molar-refractivity contribution in [3.05, 3.63) is 45.9 Å². The Bertz CT molecular complexity index is 734. The van der Waals surface area contributed by atoms with Crippen LogP contribution in [0.1, 0.15) is 37.4 Å². The molecule has 0 saturated carbocycles. The molecular formula is C18H24F2N4OS. The van der Waals surface area contributed by atoms with Crippen LogP contribution in [0, 0.1) is 11.6 Å². The third-order valence-electron chi connectivity index (χ3n) is 3.42. The van der Waals surface area contributed by atoms with E-state index in [1.54, 1.807) is 11.3 Å². The Morgan fingerprint density at radius 2 is 2.12 bits per heavy atom. The number of ether oxygens (including phenoxy) is 1. The third kappa shape index (κ3) is 6.25. The molecule has 5 nitrogen and oxygen atoms in total. The first kappa shape index (κ1) is 20.1. The lowest BCUT2D eigenvalue weighted by Gasteiger charge is -2.12. The van der Waals surface area contributed by atoms with Gasteiger partial charge in [-0.3, -0.25) is 0 Å². The first-order valence-corrected chi connectivity index (χ1v) is 9.42. The number of benzene rings is 1. The first-order chi connectivity index (χ1) is 12.5. The second kappa shape index (κ2) is 10.1. The molecule has 0 bridgehead atoms. The van der Waals surface area contributed by atoms with Crippen LogP contribution >= 0.6 is 11.3 Å². The number of halogens is 2. The maximum absolute atomic E-state index is 13.5. The largest absolute Gasteiger partial charge is 0.489 e. The van der Waals surface area contributed by atoms with Gasteiger partial charge < -0.3 is 15.4 Å². The van der Waals surface area contributed by atoms with Crippen molar-refractivity contribution in [1.82, 2.24) is 15.6 Å². The normalized spacial score (nSPS) is 11.7. The molecule has 142 valence electrons. The molecule has 1 aromatic heterocycles. The molecule has 0 fully saturated rings. The minimum atomic E-state index is -0.713. The van der Waals surface area contributed by atoms with Crippen LogP contribution < -0.4 is 15.4 Å². The Hall–Kier alpha value is -2.22. The fourth-order valence-electron chi connectivity index (χ4n) is 2.07. The van der Waals surface area contributed by atoms with Crippen molar-refractivity contribution in [2.45, 2.75) is 33.2 Å². The molecule has 0 radical (unpaired) electrons. The van der Waals surface area contributed by atoms with Crippen LogP contribution in [0.3, 0.4) is 0 Å². The van der Waals surface area contributed by atoms with Crippen LogP contribution in [0.25, 0.3) is 0 Å². The van der Waals surface area contributed by atoms with Gasteiger partial charge in [0.05, 0.1) is 18.8 Å². The standard InChI is InChI=1S/C18H24F2N4OS/c1-4-21-18(23-10-17-24-15(11-26-17)12(2)3)22-7-8-25-16-6-5-13(19)9-14(16)20/h5-6,9,11-12H,4,7-8,10H2,1-3H3,(H2,21,22,23). The molecule has 2 N–H and O–H groups in total. The summed E-state index contributed by atoms with van der Waals surface area (Å²) in [6.45, 7) is 8.05. The molecule has 0 atom stereocenters. The third-order valence-corrected chi connectivity index (χ3v) is 4.28. The topological polar surface area (TPSA) is 58.5 Å². The molecule has 0 amide bonds. The zero-order valence-corrected chi connectivity index (χ0v) is 16.0. The van der Waals surface area contributed by atoms with Gasteiger partial charge in [-0.1, -0.05) is 13.8 Å². The number of nitrogens with zero attached hydrogens (tertiary/aromatic N) is 2. The van der Waals surface area contributed by atoms with Crippen molar-refractivity contribution in [2.24, 2.45) is 4.99 Å². The lowest BCUT2D eigenvalue weighted by molar-refractivity contribution is 0.304. The fourth-order valence-corrected chi connectivity index (χ4v) is 2.95. The number of nitrogens with one attached hydrogen (secondary N) is 2. The summed E-state index contributed by atoms with van der Waals surface area (Å²) in [5.41, 5.74) is 1.08. The van der Waals surface area contributed by atoms with Crippen molar-refractivity contribution in [2.75, 3.05) is 19.7 Å². The average Bonchev–Trinajstić information content (AvgIpc) is 3.07. The molecular weight excluding hydrogens is 358 g/mol. The maximum Gasteiger partial charge on any atom is 0.191 e. The lowest BCUT2D eigenvalue weighted by atomic mass is 10.2. The molecule has 1 aromatic carbocycles. The summed E-state index contributed by atoms with van der Waals surface area (Å²) in [7, 11) is 0. The van der Waals surface area contributed by atoms with Crippen LogP contribution in [0.2, 0.25) is 0 Å². The monoisotopic (exact) mass is 382 g/mol. The predicted molar refractivity (Wildman–Crippen MR) is 101 cm³/mol. The number of rotatable bonds is 8. The van der Waals surface area contributed by atoms with Crippen molar-refractivity contribution < 1.29 is 13.5 Å². The van der Waals surface area contributed by atoms with E-state index in [9.17, 15) is 8.78 Å². The number of guanidine groups is 1. The number of hydrogen-bond donors (Lipinski definition) is 2. The molecule has 0 aliphatic rings. The van der Waals surface area contributed by atoms with Crippen LogP contribution in [-0.2, 0) is 6.54 Å². The molecule has 0 saturated heterocycles. The number of aromatic nitrogens is 1. The lowest BCUT2D eigenvalue weighted by Crippen LogP contribution is -2.39. The Morgan fingerprint density at radius 3 is 2.77 bits per heavy atom. The van der Waals surface area contributed by atoms with Crippen molar-refractivity contribution in [3.8, 4) is 5.75 Å². The van der Waals surface area contributed by atoms with Crippen LogP contribution in [-0.4, -0.2) is 30.6 Å². The number of aliphatic imine (C=N–C) groups is 1. The van der Waals surface area contributed by atoms with E-state index in [1.165, 1.54) is 6.07 Å². The smallest absolute Gasteiger partial charge is 0.191 e. The molecule has 0 aliphatic carbocycles. The van der Waals surface area contributed by atoms with Gasteiger partial charge in [0.2, 0.25) is 0 Å². The van der Waals surface area contributed by atoms with E-state index in [1.807, 2.05) is 6.92 Å². The summed E-state index contributed by atoms with van der Waals surface area (Å²) < 4.78 is 31.7. The molecule has 8 heteroatoms. The zero-order chi connectivity index (χ0) is 18.9. The Morgan fingerprint density at radius 1 is 1.31 bits per heavy atom. The maximum atomic E-state index is 13.5. The Balaban J connectivity index is 1.82. The van der Waals surface area contributed by atoms with Gasteiger partial charge in [-0.2, -0.15) is 0 Å². The highest BCUT2D eigenvalue weighted by atomic mass is 32.1. The van der Waals surface area contributed by atoms with E-state index in [-0.39, 0.29) is 12.4 Å². The van der Waals surface area contributed by atoms with Gasteiger partial charge in [-0.15, -0.1) is 11.3 Å². The second-order valence-electron chi connectivity index (χ2n) is 5.87. The molecule has 26 heavy (non-hydrogen) atoms.